The largest absolute Gasteiger partial charge is 0.294 e. The zero-order valence-electron chi connectivity index (χ0n) is 10.5. The molecule has 2 heteroatoms. The Bertz CT molecular complexity index is 567. The van der Waals surface area contributed by atoms with E-state index < -0.39 is 0 Å². The third-order valence-corrected chi connectivity index (χ3v) is 3.76. The van der Waals surface area contributed by atoms with Gasteiger partial charge in [-0.2, -0.15) is 0 Å². The Labute approximate surface area is 121 Å². The molecule has 0 aliphatic carbocycles. The summed E-state index contributed by atoms with van der Waals surface area (Å²) in [5, 5.41) is 0. The van der Waals surface area contributed by atoms with E-state index in [0.29, 0.717) is 6.42 Å². The van der Waals surface area contributed by atoms with Gasteiger partial charge in [-0.15, -0.1) is 0 Å². The van der Waals surface area contributed by atoms with Crippen LogP contribution >= 0.6 is 22.6 Å². The Morgan fingerprint density at radius 2 is 1.67 bits per heavy atom. The molecular formula is C16H15IO. The fraction of sp³-hybridized carbons (Fsp3) is 0.188. The van der Waals surface area contributed by atoms with Crippen LogP contribution in [0.4, 0.5) is 0 Å². The maximum atomic E-state index is 12.3. The van der Waals surface area contributed by atoms with E-state index in [9.17, 15) is 4.79 Å². The average molecular weight is 350 g/mol. The van der Waals surface area contributed by atoms with Gasteiger partial charge in [0.05, 0.1) is 0 Å². The lowest BCUT2D eigenvalue weighted by molar-refractivity contribution is 0.0992. The minimum Gasteiger partial charge on any atom is -0.294 e. The maximum Gasteiger partial charge on any atom is 0.168 e. The van der Waals surface area contributed by atoms with Gasteiger partial charge in [-0.3, -0.25) is 4.79 Å². The van der Waals surface area contributed by atoms with E-state index in [1.54, 1.807) is 0 Å². The topological polar surface area (TPSA) is 17.1 Å². The Morgan fingerprint density at radius 3 is 2.28 bits per heavy atom. The number of aryl methyl sites for hydroxylation is 2. The van der Waals surface area contributed by atoms with Gasteiger partial charge in [0.2, 0.25) is 0 Å². The van der Waals surface area contributed by atoms with Crippen molar-refractivity contribution in [2.24, 2.45) is 0 Å². The highest BCUT2D eigenvalue weighted by Crippen LogP contribution is 2.16. The zero-order chi connectivity index (χ0) is 13.1. The molecule has 1 nitrogen and oxygen atoms in total. The van der Waals surface area contributed by atoms with E-state index in [1.807, 2.05) is 24.3 Å². The maximum absolute atomic E-state index is 12.3. The lowest BCUT2D eigenvalue weighted by atomic mass is 10.00. The fourth-order valence-corrected chi connectivity index (χ4v) is 2.83. The summed E-state index contributed by atoms with van der Waals surface area (Å²) in [5.74, 6) is 0.185. The van der Waals surface area contributed by atoms with E-state index in [2.05, 4.69) is 54.6 Å². The summed E-state index contributed by atoms with van der Waals surface area (Å²) < 4.78 is 1.02. The van der Waals surface area contributed by atoms with Gasteiger partial charge in [-0.1, -0.05) is 47.5 Å². The molecule has 0 bridgehead atoms. The van der Waals surface area contributed by atoms with Crippen LogP contribution in [0, 0.1) is 17.4 Å². The minimum absolute atomic E-state index is 0.185. The van der Waals surface area contributed by atoms with Crippen molar-refractivity contribution in [2.45, 2.75) is 20.3 Å². The first-order valence-electron chi connectivity index (χ1n) is 5.91. The van der Waals surface area contributed by atoms with E-state index in [0.717, 1.165) is 14.7 Å². The monoisotopic (exact) mass is 350 g/mol. The van der Waals surface area contributed by atoms with Gasteiger partial charge >= 0.3 is 0 Å². The lowest BCUT2D eigenvalue weighted by Gasteiger charge is -2.06. The first-order chi connectivity index (χ1) is 8.56. The van der Waals surface area contributed by atoms with Crippen LogP contribution in [0.15, 0.2) is 42.5 Å². The molecule has 0 unspecified atom stereocenters. The minimum atomic E-state index is 0.185. The zero-order valence-corrected chi connectivity index (χ0v) is 12.7. The first kappa shape index (κ1) is 13.3. The van der Waals surface area contributed by atoms with Crippen molar-refractivity contribution >= 4 is 28.4 Å². The lowest BCUT2D eigenvalue weighted by Crippen LogP contribution is -2.05. The van der Waals surface area contributed by atoms with Gasteiger partial charge in [0.15, 0.2) is 5.78 Å². The molecule has 0 fully saturated rings. The van der Waals surface area contributed by atoms with Crippen LogP contribution < -0.4 is 0 Å². The second-order valence-corrected chi connectivity index (χ2v) is 5.74. The molecule has 2 aromatic carbocycles. The van der Waals surface area contributed by atoms with Crippen LogP contribution in [-0.2, 0) is 6.42 Å². The average Bonchev–Trinajstić information content (AvgIpc) is 2.27. The smallest absolute Gasteiger partial charge is 0.168 e. The first-order valence-corrected chi connectivity index (χ1v) is 6.99. The fourth-order valence-electron chi connectivity index (χ4n) is 2.14. The SMILES string of the molecule is Cc1cc(C)cc(CC(=O)c2ccccc2I)c1. The quantitative estimate of drug-likeness (QED) is 0.595. The number of benzene rings is 2. The number of hydrogen-bond donors (Lipinski definition) is 0. The molecule has 92 valence electrons. The highest BCUT2D eigenvalue weighted by atomic mass is 127. The molecule has 2 rings (SSSR count). The Hall–Kier alpha value is -1.16. The van der Waals surface area contributed by atoms with Crippen LogP contribution in [0.5, 0.6) is 0 Å². The Balaban J connectivity index is 2.24. The number of ketones is 1. The van der Waals surface area contributed by atoms with Crippen molar-refractivity contribution in [3.05, 3.63) is 68.3 Å². The molecule has 0 aliphatic rings. The third-order valence-electron chi connectivity index (χ3n) is 2.82. The molecule has 0 N–H and O–H groups in total. The predicted molar refractivity (Wildman–Crippen MR) is 83.1 cm³/mol. The number of carbonyl (C=O) groups is 1. The van der Waals surface area contributed by atoms with Crippen molar-refractivity contribution in [1.82, 2.24) is 0 Å². The molecule has 18 heavy (non-hydrogen) atoms. The summed E-state index contributed by atoms with van der Waals surface area (Å²) in [4.78, 5) is 12.3. The summed E-state index contributed by atoms with van der Waals surface area (Å²) in [7, 11) is 0. The molecule has 0 spiro atoms. The van der Waals surface area contributed by atoms with Crippen LogP contribution in [0.25, 0.3) is 0 Å². The van der Waals surface area contributed by atoms with E-state index in [1.165, 1.54) is 11.1 Å². The molecule has 0 radical (unpaired) electrons. The van der Waals surface area contributed by atoms with Crippen molar-refractivity contribution < 1.29 is 4.79 Å². The van der Waals surface area contributed by atoms with Crippen LogP contribution in [0.2, 0.25) is 0 Å². The molecule has 0 aliphatic heterocycles. The summed E-state index contributed by atoms with van der Waals surface area (Å²) in [6.07, 6.45) is 0.475. The summed E-state index contributed by atoms with van der Waals surface area (Å²) in [5.41, 5.74) is 4.33. The van der Waals surface area contributed by atoms with Gasteiger partial charge in [-0.05, 0) is 48.1 Å². The van der Waals surface area contributed by atoms with Gasteiger partial charge in [-0.25, -0.2) is 0 Å². The molecule has 0 amide bonds. The van der Waals surface area contributed by atoms with Gasteiger partial charge < -0.3 is 0 Å². The van der Waals surface area contributed by atoms with Gasteiger partial charge in [0.1, 0.15) is 0 Å². The molecular weight excluding hydrogens is 335 g/mol. The third kappa shape index (κ3) is 3.19. The van der Waals surface area contributed by atoms with Gasteiger partial charge in [0, 0.05) is 15.6 Å². The molecule has 0 heterocycles. The standard InChI is InChI=1S/C16H15IO/c1-11-7-12(2)9-13(8-11)10-16(18)14-5-3-4-6-15(14)17/h3-9H,10H2,1-2H3. The number of hydrogen-bond acceptors (Lipinski definition) is 1. The van der Waals surface area contributed by atoms with Crippen LogP contribution in [0.1, 0.15) is 27.0 Å². The van der Waals surface area contributed by atoms with Crippen molar-refractivity contribution in [3.8, 4) is 0 Å². The highest BCUT2D eigenvalue weighted by molar-refractivity contribution is 14.1. The second kappa shape index (κ2) is 5.65. The van der Waals surface area contributed by atoms with Crippen molar-refractivity contribution in [3.63, 3.8) is 0 Å². The van der Waals surface area contributed by atoms with Crippen molar-refractivity contribution in [2.75, 3.05) is 0 Å². The van der Waals surface area contributed by atoms with Crippen LogP contribution in [0.3, 0.4) is 0 Å². The van der Waals surface area contributed by atoms with E-state index >= 15 is 0 Å². The molecule has 0 saturated carbocycles. The normalized spacial score (nSPS) is 10.4. The van der Waals surface area contributed by atoms with E-state index in [-0.39, 0.29) is 5.78 Å². The molecule has 0 atom stereocenters. The Morgan fingerprint density at radius 1 is 1.06 bits per heavy atom. The second-order valence-electron chi connectivity index (χ2n) is 4.58. The molecule has 0 saturated heterocycles. The van der Waals surface area contributed by atoms with E-state index in [4.69, 9.17) is 0 Å². The molecule has 2 aromatic rings. The van der Waals surface area contributed by atoms with Crippen molar-refractivity contribution in [1.29, 1.82) is 0 Å². The van der Waals surface area contributed by atoms with Gasteiger partial charge in [0.25, 0.3) is 0 Å². The Kier molecular flexibility index (Phi) is 4.17. The number of carbonyl (C=O) groups excluding carboxylic acids is 1. The van der Waals surface area contributed by atoms with Crippen LogP contribution in [-0.4, -0.2) is 5.78 Å². The molecule has 0 aromatic heterocycles. The predicted octanol–water partition coefficient (Wildman–Crippen LogP) is 4.33. The summed E-state index contributed by atoms with van der Waals surface area (Å²) in [6.45, 7) is 4.13. The number of rotatable bonds is 3. The number of halogens is 1. The highest BCUT2D eigenvalue weighted by Gasteiger charge is 2.10. The number of Topliss-reactive ketones (excluding diaryl/α,β-unsaturated/α-hetero) is 1. The summed E-state index contributed by atoms with van der Waals surface area (Å²) >= 11 is 2.21. The summed E-state index contributed by atoms with van der Waals surface area (Å²) in [6, 6.07) is 14.0.